The maximum absolute atomic E-state index is 12.6. The molecule has 2 aromatic carbocycles. The number of ether oxygens (including phenoxy) is 2. The fraction of sp³-hybridized carbons (Fsp3) is 0.211. The van der Waals surface area contributed by atoms with Gasteiger partial charge in [-0.05, 0) is 43.7 Å². The Kier molecular flexibility index (Phi) is 5.68. The summed E-state index contributed by atoms with van der Waals surface area (Å²) in [5.41, 5.74) is 2.74. The van der Waals surface area contributed by atoms with Crippen molar-refractivity contribution >= 4 is 11.9 Å². The molecule has 0 unspecified atom stereocenters. The molecule has 0 aromatic heterocycles. The zero-order valence-electron chi connectivity index (χ0n) is 13.7. The molecule has 0 spiro atoms. The molecule has 0 saturated carbocycles. The number of hydrogen-bond donors (Lipinski definition) is 0. The molecule has 0 atom stereocenters. The summed E-state index contributed by atoms with van der Waals surface area (Å²) in [6.45, 7) is 0.761. The molecule has 0 N–H and O–H groups in total. The Balaban J connectivity index is 2.34. The van der Waals surface area contributed by atoms with Gasteiger partial charge < -0.3 is 9.47 Å². The fourth-order valence-corrected chi connectivity index (χ4v) is 2.30. The summed E-state index contributed by atoms with van der Waals surface area (Å²) < 4.78 is 34.8. The maximum atomic E-state index is 12.6. The van der Waals surface area contributed by atoms with Crippen LogP contribution in [-0.2, 0) is 0 Å². The molecule has 2 rings (SSSR count). The van der Waals surface area contributed by atoms with Crippen molar-refractivity contribution < 1.29 is 23.0 Å². The Morgan fingerprint density at radius 3 is 2.58 bits per heavy atom. The van der Waals surface area contributed by atoms with Crippen LogP contribution in [0, 0.1) is 13.8 Å². The van der Waals surface area contributed by atoms with Gasteiger partial charge in [0.25, 0.3) is 0 Å². The van der Waals surface area contributed by atoms with E-state index in [1.165, 1.54) is 25.3 Å². The Bertz CT molecular complexity index is 767. The minimum Gasteiger partial charge on any atom is -0.493 e. The van der Waals surface area contributed by atoms with Crippen LogP contribution < -0.4 is 9.47 Å². The maximum Gasteiger partial charge on any atom is 0.387 e. The van der Waals surface area contributed by atoms with Gasteiger partial charge in [0.05, 0.1) is 7.11 Å². The van der Waals surface area contributed by atoms with Crippen molar-refractivity contribution in [1.29, 1.82) is 0 Å². The lowest BCUT2D eigenvalue weighted by Gasteiger charge is -2.12. The highest BCUT2D eigenvalue weighted by Crippen LogP contribution is 2.33. The topological polar surface area (TPSA) is 35.5 Å². The average molecular weight is 332 g/mol. The van der Waals surface area contributed by atoms with Gasteiger partial charge in [0.15, 0.2) is 17.3 Å². The lowest BCUT2D eigenvalue weighted by Crippen LogP contribution is -2.05. The molecule has 5 heteroatoms. The summed E-state index contributed by atoms with van der Waals surface area (Å²) in [6.07, 6.45) is 2.79. The second-order valence-electron chi connectivity index (χ2n) is 5.27. The Morgan fingerprint density at radius 2 is 1.92 bits per heavy atom. The number of halogens is 2. The molecule has 0 radical (unpaired) electrons. The van der Waals surface area contributed by atoms with Crippen LogP contribution in [0.15, 0.2) is 42.5 Å². The van der Waals surface area contributed by atoms with E-state index in [2.05, 4.69) is 4.74 Å². The largest absolute Gasteiger partial charge is 0.493 e. The number of para-hydroxylation sites is 1. The smallest absolute Gasteiger partial charge is 0.387 e. The second kappa shape index (κ2) is 7.73. The molecule has 0 bridgehead atoms. The highest BCUT2D eigenvalue weighted by molar-refractivity contribution is 6.08. The van der Waals surface area contributed by atoms with E-state index in [0.29, 0.717) is 11.1 Å². The number of ketones is 1. The van der Waals surface area contributed by atoms with E-state index in [0.717, 1.165) is 11.1 Å². The van der Waals surface area contributed by atoms with Crippen molar-refractivity contribution in [2.24, 2.45) is 0 Å². The van der Waals surface area contributed by atoms with Crippen LogP contribution in [0.2, 0.25) is 0 Å². The summed E-state index contributed by atoms with van der Waals surface area (Å²) in [5, 5.41) is 0. The highest BCUT2D eigenvalue weighted by Gasteiger charge is 2.14. The number of rotatable bonds is 6. The predicted octanol–water partition coefficient (Wildman–Crippen LogP) is 4.81. The molecule has 0 saturated heterocycles. The van der Waals surface area contributed by atoms with E-state index in [4.69, 9.17) is 4.74 Å². The van der Waals surface area contributed by atoms with Crippen molar-refractivity contribution in [1.82, 2.24) is 0 Å². The van der Waals surface area contributed by atoms with Crippen LogP contribution >= 0.6 is 0 Å². The molecule has 24 heavy (non-hydrogen) atoms. The van der Waals surface area contributed by atoms with Gasteiger partial charge in [-0.2, -0.15) is 8.78 Å². The van der Waals surface area contributed by atoms with E-state index in [-0.39, 0.29) is 17.3 Å². The average Bonchev–Trinajstić information content (AvgIpc) is 2.55. The SMILES string of the molecule is COc1cccc(/C=C/C(=O)c2cc(C)ccc2C)c1OC(F)F. The Labute approximate surface area is 139 Å². The van der Waals surface area contributed by atoms with E-state index < -0.39 is 6.61 Å². The summed E-state index contributed by atoms with van der Waals surface area (Å²) in [4.78, 5) is 12.4. The van der Waals surface area contributed by atoms with E-state index in [9.17, 15) is 13.6 Å². The zero-order chi connectivity index (χ0) is 17.7. The number of methoxy groups -OCH3 is 1. The number of carbonyl (C=O) groups excluding carboxylic acids is 1. The van der Waals surface area contributed by atoms with Gasteiger partial charge in [0.2, 0.25) is 0 Å². The summed E-state index contributed by atoms with van der Waals surface area (Å²) in [5.74, 6) is -0.126. The van der Waals surface area contributed by atoms with Crippen molar-refractivity contribution in [3.8, 4) is 11.5 Å². The quantitative estimate of drug-likeness (QED) is 0.562. The molecule has 2 aromatic rings. The number of allylic oxidation sites excluding steroid dienone is 1. The second-order valence-corrected chi connectivity index (χ2v) is 5.27. The molecule has 0 amide bonds. The van der Waals surface area contributed by atoms with Gasteiger partial charge in [0, 0.05) is 11.1 Å². The first kappa shape index (κ1) is 17.7. The van der Waals surface area contributed by atoms with E-state index in [1.54, 1.807) is 18.2 Å². The third kappa shape index (κ3) is 4.19. The number of hydrogen-bond acceptors (Lipinski definition) is 3. The van der Waals surface area contributed by atoms with Gasteiger partial charge in [-0.3, -0.25) is 4.79 Å². The first-order chi connectivity index (χ1) is 11.4. The summed E-state index contributed by atoms with van der Waals surface area (Å²) in [7, 11) is 1.36. The van der Waals surface area contributed by atoms with E-state index >= 15 is 0 Å². The third-order valence-corrected chi connectivity index (χ3v) is 3.51. The first-order valence-electron chi connectivity index (χ1n) is 7.34. The van der Waals surface area contributed by atoms with Crippen LogP contribution in [0.1, 0.15) is 27.0 Å². The van der Waals surface area contributed by atoms with Crippen LogP contribution in [0.3, 0.4) is 0 Å². The third-order valence-electron chi connectivity index (χ3n) is 3.51. The van der Waals surface area contributed by atoms with Crippen LogP contribution in [0.5, 0.6) is 11.5 Å². The van der Waals surface area contributed by atoms with Gasteiger partial charge in [-0.25, -0.2) is 0 Å². The van der Waals surface area contributed by atoms with Crippen LogP contribution in [0.25, 0.3) is 6.08 Å². The lowest BCUT2D eigenvalue weighted by molar-refractivity contribution is -0.0513. The normalized spacial score (nSPS) is 11.1. The van der Waals surface area contributed by atoms with Crippen molar-refractivity contribution in [2.75, 3.05) is 7.11 Å². The molecule has 0 fully saturated rings. The minimum absolute atomic E-state index is 0.0972. The predicted molar refractivity (Wildman–Crippen MR) is 88.9 cm³/mol. The fourth-order valence-electron chi connectivity index (χ4n) is 2.30. The molecular formula is C19H18F2O3. The molecule has 0 aliphatic heterocycles. The van der Waals surface area contributed by atoms with Crippen LogP contribution in [0.4, 0.5) is 8.78 Å². The monoisotopic (exact) mass is 332 g/mol. The molecule has 0 heterocycles. The van der Waals surface area contributed by atoms with Crippen molar-refractivity contribution in [3.05, 3.63) is 64.7 Å². The molecule has 0 aliphatic rings. The van der Waals surface area contributed by atoms with Crippen molar-refractivity contribution in [2.45, 2.75) is 20.5 Å². The molecule has 0 aliphatic carbocycles. The molecular weight excluding hydrogens is 314 g/mol. The highest BCUT2D eigenvalue weighted by atomic mass is 19.3. The Hall–Kier alpha value is -2.69. The number of carbonyl (C=O) groups is 1. The molecule has 3 nitrogen and oxygen atoms in total. The minimum atomic E-state index is -2.98. The van der Waals surface area contributed by atoms with Gasteiger partial charge >= 0.3 is 6.61 Å². The number of alkyl halides is 2. The van der Waals surface area contributed by atoms with Crippen molar-refractivity contribution in [3.63, 3.8) is 0 Å². The summed E-state index contributed by atoms with van der Waals surface area (Å²) >= 11 is 0. The molecule has 126 valence electrons. The van der Waals surface area contributed by atoms with Crippen LogP contribution in [-0.4, -0.2) is 19.5 Å². The zero-order valence-corrected chi connectivity index (χ0v) is 13.7. The van der Waals surface area contributed by atoms with Gasteiger partial charge in [-0.15, -0.1) is 0 Å². The van der Waals surface area contributed by atoms with Gasteiger partial charge in [0.1, 0.15) is 0 Å². The lowest BCUT2D eigenvalue weighted by atomic mass is 10.0. The Morgan fingerprint density at radius 1 is 1.17 bits per heavy atom. The summed E-state index contributed by atoms with van der Waals surface area (Å²) in [6, 6.07) is 10.3. The van der Waals surface area contributed by atoms with E-state index in [1.807, 2.05) is 26.0 Å². The first-order valence-corrected chi connectivity index (χ1v) is 7.34. The van der Waals surface area contributed by atoms with Gasteiger partial charge in [-0.1, -0.05) is 29.8 Å². The number of benzene rings is 2. The standard InChI is InChI=1S/C19H18F2O3/c1-12-7-8-13(2)15(11-12)16(22)10-9-14-5-4-6-17(23-3)18(14)24-19(20)21/h4-11,19H,1-3H3/b10-9+. The number of aryl methyl sites for hydroxylation is 2.